The van der Waals surface area contributed by atoms with Crippen LogP contribution in [-0.4, -0.2) is 93.2 Å². The zero-order valence-corrected chi connectivity index (χ0v) is 23.7. The number of aliphatic hydroxyl groups excluding tert-OH is 1. The van der Waals surface area contributed by atoms with Gasteiger partial charge in [0, 0.05) is 25.7 Å². The van der Waals surface area contributed by atoms with E-state index >= 15 is 0 Å². The molecule has 0 radical (unpaired) electrons. The van der Waals surface area contributed by atoms with Crippen molar-refractivity contribution in [3.63, 3.8) is 0 Å². The van der Waals surface area contributed by atoms with E-state index in [4.69, 9.17) is 14.2 Å². The van der Waals surface area contributed by atoms with E-state index in [-0.39, 0.29) is 37.1 Å². The SMILES string of the molecule is CC(C)CN(C[C@@H](O)[C@H](Cc1ccc(OCCCN(C)C)cc1)NC(=O)O)S(=O)(=O)c1ccc2c(c1)OCO2. The molecule has 0 unspecified atom stereocenters. The molecule has 1 heterocycles. The minimum Gasteiger partial charge on any atom is -0.494 e. The highest BCUT2D eigenvalue weighted by Crippen LogP contribution is 2.35. The van der Waals surface area contributed by atoms with Crippen molar-refractivity contribution >= 4 is 16.1 Å². The van der Waals surface area contributed by atoms with E-state index in [1.54, 1.807) is 24.3 Å². The third-order valence-corrected chi connectivity index (χ3v) is 7.94. The highest BCUT2D eigenvalue weighted by molar-refractivity contribution is 7.89. The standard InChI is InChI=1S/C27H39N3O8S/c1-19(2)16-30(39(34,35)22-10-11-25-26(15-22)38-18-37-25)17-24(31)23(28-27(32)33)14-20-6-8-21(9-7-20)36-13-5-12-29(3)4/h6-11,15,19,23-24,28,31H,5,12-14,16-18H2,1-4H3,(H,32,33)/t23-,24+/m0/s1. The summed E-state index contributed by atoms with van der Waals surface area (Å²) in [5, 5.41) is 22.9. The van der Waals surface area contributed by atoms with Gasteiger partial charge < -0.3 is 34.6 Å². The molecular formula is C27H39N3O8S. The maximum Gasteiger partial charge on any atom is 0.404 e. The van der Waals surface area contributed by atoms with E-state index in [2.05, 4.69) is 10.2 Å². The lowest BCUT2D eigenvalue weighted by Crippen LogP contribution is -2.50. The fraction of sp³-hybridized carbons (Fsp3) is 0.519. The van der Waals surface area contributed by atoms with Crippen LogP contribution >= 0.6 is 0 Å². The monoisotopic (exact) mass is 565 g/mol. The van der Waals surface area contributed by atoms with E-state index in [9.17, 15) is 23.4 Å². The molecule has 2 atom stereocenters. The summed E-state index contributed by atoms with van der Waals surface area (Å²) in [6, 6.07) is 10.6. The minimum absolute atomic E-state index is 0.00325. The van der Waals surface area contributed by atoms with Crippen LogP contribution < -0.4 is 19.5 Å². The van der Waals surface area contributed by atoms with Crippen molar-refractivity contribution in [2.45, 2.75) is 43.7 Å². The van der Waals surface area contributed by atoms with Crippen LogP contribution in [0.3, 0.4) is 0 Å². The van der Waals surface area contributed by atoms with Crippen molar-refractivity contribution < 1.29 is 37.6 Å². The number of hydrogen-bond donors (Lipinski definition) is 3. The number of amides is 1. The van der Waals surface area contributed by atoms with Crippen LogP contribution in [0.25, 0.3) is 0 Å². The predicted molar refractivity (Wildman–Crippen MR) is 146 cm³/mol. The van der Waals surface area contributed by atoms with Crippen molar-refractivity contribution in [1.82, 2.24) is 14.5 Å². The van der Waals surface area contributed by atoms with Crippen molar-refractivity contribution in [2.24, 2.45) is 5.92 Å². The van der Waals surface area contributed by atoms with Crippen molar-refractivity contribution in [3.8, 4) is 17.2 Å². The largest absolute Gasteiger partial charge is 0.494 e. The van der Waals surface area contributed by atoms with Crippen LogP contribution in [0.4, 0.5) is 4.79 Å². The molecular weight excluding hydrogens is 526 g/mol. The lowest BCUT2D eigenvalue weighted by Gasteiger charge is -2.30. The average molecular weight is 566 g/mol. The molecule has 0 saturated heterocycles. The smallest absolute Gasteiger partial charge is 0.404 e. The third kappa shape index (κ3) is 8.99. The number of carbonyl (C=O) groups is 1. The molecule has 39 heavy (non-hydrogen) atoms. The number of carboxylic acid groups (broad SMARTS) is 1. The van der Waals surface area contributed by atoms with Gasteiger partial charge in [0.05, 0.1) is 23.6 Å². The number of ether oxygens (including phenoxy) is 3. The van der Waals surface area contributed by atoms with Gasteiger partial charge in [-0.2, -0.15) is 4.31 Å². The van der Waals surface area contributed by atoms with Crippen LogP contribution in [0.5, 0.6) is 17.2 Å². The first-order valence-corrected chi connectivity index (χ1v) is 14.3. The molecule has 12 heteroatoms. The maximum atomic E-state index is 13.6. The van der Waals surface area contributed by atoms with Gasteiger partial charge in [-0.1, -0.05) is 26.0 Å². The molecule has 1 aliphatic heterocycles. The lowest BCUT2D eigenvalue weighted by molar-refractivity contribution is 0.0980. The molecule has 1 aliphatic rings. The van der Waals surface area contributed by atoms with Gasteiger partial charge >= 0.3 is 6.09 Å². The zero-order valence-electron chi connectivity index (χ0n) is 22.9. The molecule has 1 amide bonds. The van der Waals surface area contributed by atoms with Gasteiger partial charge in [0.2, 0.25) is 16.8 Å². The van der Waals surface area contributed by atoms with Gasteiger partial charge in [0.25, 0.3) is 0 Å². The number of aliphatic hydroxyl groups is 1. The predicted octanol–water partition coefficient (Wildman–Crippen LogP) is 2.63. The molecule has 216 valence electrons. The molecule has 0 saturated carbocycles. The van der Waals surface area contributed by atoms with Gasteiger partial charge in [-0.15, -0.1) is 0 Å². The average Bonchev–Trinajstić information content (AvgIpc) is 3.34. The second-order valence-electron chi connectivity index (χ2n) is 10.2. The summed E-state index contributed by atoms with van der Waals surface area (Å²) in [5.74, 6) is 1.44. The summed E-state index contributed by atoms with van der Waals surface area (Å²) in [5.41, 5.74) is 0.766. The van der Waals surface area contributed by atoms with E-state index in [1.807, 2.05) is 27.9 Å². The summed E-state index contributed by atoms with van der Waals surface area (Å²) in [7, 11) is -0.0275. The fourth-order valence-electron chi connectivity index (χ4n) is 4.19. The van der Waals surface area contributed by atoms with Crippen LogP contribution in [0.1, 0.15) is 25.8 Å². The zero-order chi connectivity index (χ0) is 28.6. The second-order valence-corrected chi connectivity index (χ2v) is 12.1. The first kappa shape index (κ1) is 30.5. The first-order valence-electron chi connectivity index (χ1n) is 12.9. The van der Waals surface area contributed by atoms with E-state index in [1.165, 1.54) is 22.5 Å². The molecule has 2 aromatic carbocycles. The molecule has 0 bridgehead atoms. The van der Waals surface area contributed by atoms with Crippen molar-refractivity contribution in [1.29, 1.82) is 0 Å². The quantitative estimate of drug-likeness (QED) is 0.278. The highest BCUT2D eigenvalue weighted by atomic mass is 32.2. The number of sulfonamides is 1. The van der Waals surface area contributed by atoms with Crippen molar-refractivity contribution in [2.75, 3.05) is 47.1 Å². The molecule has 0 fully saturated rings. The van der Waals surface area contributed by atoms with E-state index in [0.29, 0.717) is 23.9 Å². The summed E-state index contributed by atoms with van der Waals surface area (Å²) in [6.07, 6.45) is -1.58. The molecule has 0 spiro atoms. The number of rotatable bonds is 15. The Morgan fingerprint density at radius 1 is 1.08 bits per heavy atom. The number of nitrogens with one attached hydrogen (secondary N) is 1. The van der Waals surface area contributed by atoms with Crippen LogP contribution in [0.2, 0.25) is 0 Å². The molecule has 3 N–H and O–H groups in total. The summed E-state index contributed by atoms with van der Waals surface area (Å²) >= 11 is 0. The second kappa shape index (κ2) is 13.8. The number of fused-ring (bicyclic) bond motifs is 1. The number of benzene rings is 2. The first-order chi connectivity index (χ1) is 18.5. The summed E-state index contributed by atoms with van der Waals surface area (Å²) < 4.78 is 44.6. The number of hydrogen-bond acceptors (Lipinski definition) is 8. The lowest BCUT2D eigenvalue weighted by atomic mass is 10.0. The minimum atomic E-state index is -4.03. The third-order valence-electron chi connectivity index (χ3n) is 6.11. The van der Waals surface area contributed by atoms with Crippen LogP contribution in [-0.2, 0) is 16.4 Å². The highest BCUT2D eigenvalue weighted by Gasteiger charge is 2.32. The number of nitrogens with zero attached hydrogens (tertiary/aromatic N) is 2. The van der Waals surface area contributed by atoms with E-state index in [0.717, 1.165) is 18.5 Å². The Bertz CT molecular complexity index is 1190. The van der Waals surface area contributed by atoms with Crippen molar-refractivity contribution in [3.05, 3.63) is 48.0 Å². The van der Waals surface area contributed by atoms with E-state index < -0.39 is 28.3 Å². The Morgan fingerprint density at radius 2 is 1.77 bits per heavy atom. The summed E-state index contributed by atoms with van der Waals surface area (Å²) in [4.78, 5) is 13.6. The van der Waals surface area contributed by atoms with Gasteiger partial charge in [-0.05, 0) is 62.7 Å². The Balaban J connectivity index is 1.72. The molecule has 0 aromatic heterocycles. The van der Waals surface area contributed by atoms with Gasteiger partial charge in [-0.25, -0.2) is 13.2 Å². The summed E-state index contributed by atoms with van der Waals surface area (Å²) in [6.45, 7) is 5.07. The molecule has 2 aromatic rings. The Kier molecular flexibility index (Phi) is 10.8. The topological polar surface area (TPSA) is 138 Å². The van der Waals surface area contributed by atoms with Gasteiger partial charge in [-0.3, -0.25) is 0 Å². The molecule has 3 rings (SSSR count). The molecule has 0 aliphatic carbocycles. The van der Waals surface area contributed by atoms with Crippen LogP contribution in [0.15, 0.2) is 47.4 Å². The maximum absolute atomic E-state index is 13.6. The molecule has 11 nitrogen and oxygen atoms in total. The normalized spacial score (nSPS) is 14.6. The Labute approximate surface area is 230 Å². The van der Waals surface area contributed by atoms with Crippen LogP contribution in [0, 0.1) is 5.92 Å². The fourth-order valence-corrected chi connectivity index (χ4v) is 5.83. The Hall–Kier alpha value is -3.06. The van der Waals surface area contributed by atoms with Gasteiger partial charge in [0.15, 0.2) is 11.5 Å². The Morgan fingerprint density at radius 3 is 2.41 bits per heavy atom. The van der Waals surface area contributed by atoms with Gasteiger partial charge in [0.1, 0.15) is 5.75 Å².